The third-order valence-electron chi connectivity index (χ3n) is 2.76. The van der Waals surface area contributed by atoms with Gasteiger partial charge >= 0.3 is 0 Å². The Labute approximate surface area is 111 Å². The normalized spacial score (nSPS) is 14.1. The maximum atomic E-state index is 11.7. The highest BCUT2D eigenvalue weighted by Crippen LogP contribution is 2.20. The SMILES string of the molecule is CC(=O)N(CC(=O)NC1CC1)c1ccc(Cl)cc1. The summed E-state index contributed by atoms with van der Waals surface area (Å²) >= 11 is 5.80. The number of amides is 2. The van der Waals surface area contributed by atoms with Crippen molar-refractivity contribution in [2.45, 2.75) is 25.8 Å². The van der Waals surface area contributed by atoms with Gasteiger partial charge in [0.2, 0.25) is 11.8 Å². The maximum Gasteiger partial charge on any atom is 0.240 e. The van der Waals surface area contributed by atoms with Crippen LogP contribution < -0.4 is 10.2 Å². The second kappa shape index (κ2) is 5.40. The number of rotatable bonds is 4. The minimum atomic E-state index is -0.164. The molecule has 0 atom stereocenters. The highest BCUT2D eigenvalue weighted by molar-refractivity contribution is 6.30. The van der Waals surface area contributed by atoms with Crippen LogP contribution in [-0.2, 0) is 9.59 Å². The summed E-state index contributed by atoms with van der Waals surface area (Å²) in [6, 6.07) is 7.16. The molecule has 1 aromatic rings. The number of hydrogen-bond acceptors (Lipinski definition) is 2. The molecule has 1 saturated carbocycles. The molecule has 96 valence electrons. The molecule has 4 nitrogen and oxygen atoms in total. The summed E-state index contributed by atoms with van der Waals surface area (Å²) in [5.41, 5.74) is 0.679. The zero-order chi connectivity index (χ0) is 13.1. The lowest BCUT2D eigenvalue weighted by Crippen LogP contribution is -2.40. The predicted molar refractivity (Wildman–Crippen MR) is 70.6 cm³/mol. The summed E-state index contributed by atoms with van der Waals surface area (Å²) in [7, 11) is 0. The fraction of sp³-hybridized carbons (Fsp3) is 0.385. The molecule has 0 spiro atoms. The van der Waals surface area contributed by atoms with E-state index in [0.717, 1.165) is 12.8 Å². The molecule has 1 aromatic carbocycles. The Morgan fingerprint density at radius 1 is 1.33 bits per heavy atom. The molecule has 2 rings (SSSR count). The van der Waals surface area contributed by atoms with Crippen LogP contribution >= 0.6 is 11.6 Å². The molecule has 0 saturated heterocycles. The molecule has 2 amide bonds. The van der Waals surface area contributed by atoms with E-state index >= 15 is 0 Å². The molecule has 0 aliphatic heterocycles. The van der Waals surface area contributed by atoms with Crippen molar-refractivity contribution in [2.24, 2.45) is 0 Å². The van der Waals surface area contributed by atoms with Crippen molar-refractivity contribution in [3.8, 4) is 0 Å². The summed E-state index contributed by atoms with van der Waals surface area (Å²) in [4.78, 5) is 24.7. The summed E-state index contributed by atoms with van der Waals surface area (Å²) in [6.07, 6.45) is 2.07. The van der Waals surface area contributed by atoms with Crippen LogP contribution in [0.5, 0.6) is 0 Å². The van der Waals surface area contributed by atoms with Crippen molar-refractivity contribution >= 4 is 29.1 Å². The fourth-order valence-electron chi connectivity index (χ4n) is 1.65. The van der Waals surface area contributed by atoms with Crippen LogP contribution in [0.25, 0.3) is 0 Å². The summed E-state index contributed by atoms with van der Waals surface area (Å²) in [5, 5.41) is 3.46. The first-order valence-electron chi connectivity index (χ1n) is 5.89. The average molecular weight is 267 g/mol. The summed E-state index contributed by atoms with van der Waals surface area (Å²) in [5.74, 6) is -0.286. The zero-order valence-corrected chi connectivity index (χ0v) is 10.9. The van der Waals surface area contributed by atoms with Crippen LogP contribution in [0.1, 0.15) is 19.8 Å². The highest BCUT2D eigenvalue weighted by Gasteiger charge is 2.24. The van der Waals surface area contributed by atoms with E-state index in [-0.39, 0.29) is 18.4 Å². The van der Waals surface area contributed by atoms with E-state index in [2.05, 4.69) is 5.32 Å². The molecule has 5 heteroatoms. The number of anilines is 1. The lowest BCUT2D eigenvalue weighted by Gasteiger charge is -2.20. The predicted octanol–water partition coefficient (Wildman–Crippen LogP) is 1.97. The lowest BCUT2D eigenvalue weighted by molar-refractivity contribution is -0.123. The van der Waals surface area contributed by atoms with Crippen molar-refractivity contribution in [3.63, 3.8) is 0 Å². The van der Waals surface area contributed by atoms with Gasteiger partial charge in [-0.2, -0.15) is 0 Å². The van der Waals surface area contributed by atoms with E-state index in [0.29, 0.717) is 16.8 Å². The Bertz CT molecular complexity index is 455. The zero-order valence-electron chi connectivity index (χ0n) is 10.1. The van der Waals surface area contributed by atoms with Crippen LogP contribution in [0.15, 0.2) is 24.3 Å². The van der Waals surface area contributed by atoms with Crippen molar-refractivity contribution in [3.05, 3.63) is 29.3 Å². The van der Waals surface area contributed by atoms with E-state index in [4.69, 9.17) is 11.6 Å². The van der Waals surface area contributed by atoms with Gasteiger partial charge in [0, 0.05) is 23.7 Å². The van der Waals surface area contributed by atoms with Crippen molar-refractivity contribution in [2.75, 3.05) is 11.4 Å². The van der Waals surface area contributed by atoms with Crippen molar-refractivity contribution < 1.29 is 9.59 Å². The first-order valence-corrected chi connectivity index (χ1v) is 6.27. The van der Waals surface area contributed by atoms with E-state index in [9.17, 15) is 9.59 Å². The lowest BCUT2D eigenvalue weighted by atomic mass is 10.2. The van der Waals surface area contributed by atoms with Gasteiger partial charge in [-0.1, -0.05) is 11.6 Å². The van der Waals surface area contributed by atoms with Crippen LogP contribution in [0.3, 0.4) is 0 Å². The van der Waals surface area contributed by atoms with Crippen LogP contribution in [0.2, 0.25) is 5.02 Å². The second-order valence-corrected chi connectivity index (χ2v) is 4.86. The number of nitrogens with zero attached hydrogens (tertiary/aromatic N) is 1. The van der Waals surface area contributed by atoms with Crippen LogP contribution in [0.4, 0.5) is 5.69 Å². The second-order valence-electron chi connectivity index (χ2n) is 4.42. The van der Waals surface area contributed by atoms with Gasteiger partial charge in [0.05, 0.1) is 0 Å². The quantitative estimate of drug-likeness (QED) is 0.906. The Balaban J connectivity index is 2.04. The Hall–Kier alpha value is -1.55. The fourth-order valence-corrected chi connectivity index (χ4v) is 1.78. The molecule has 0 unspecified atom stereocenters. The van der Waals surface area contributed by atoms with E-state index in [1.165, 1.54) is 11.8 Å². The van der Waals surface area contributed by atoms with Gasteiger partial charge < -0.3 is 10.2 Å². The first-order chi connectivity index (χ1) is 8.56. The van der Waals surface area contributed by atoms with E-state index in [1.807, 2.05) is 0 Å². The van der Waals surface area contributed by atoms with E-state index in [1.54, 1.807) is 24.3 Å². The van der Waals surface area contributed by atoms with Gasteiger partial charge in [0.15, 0.2) is 0 Å². The molecule has 1 fully saturated rings. The minimum Gasteiger partial charge on any atom is -0.352 e. The molecular formula is C13H15ClN2O2. The Morgan fingerprint density at radius 3 is 2.44 bits per heavy atom. The third-order valence-corrected chi connectivity index (χ3v) is 3.01. The van der Waals surface area contributed by atoms with Gasteiger partial charge in [-0.15, -0.1) is 0 Å². The molecule has 18 heavy (non-hydrogen) atoms. The number of benzene rings is 1. The smallest absolute Gasteiger partial charge is 0.240 e. The van der Waals surface area contributed by atoms with Gasteiger partial charge in [-0.05, 0) is 37.1 Å². The van der Waals surface area contributed by atoms with Gasteiger partial charge in [0.1, 0.15) is 6.54 Å². The van der Waals surface area contributed by atoms with Gasteiger partial charge in [-0.3, -0.25) is 9.59 Å². The van der Waals surface area contributed by atoms with Crippen molar-refractivity contribution in [1.29, 1.82) is 0 Å². The standard InChI is InChI=1S/C13H15ClN2O2/c1-9(17)16(8-13(18)15-11-4-5-11)12-6-2-10(14)3-7-12/h2-3,6-7,11H,4-5,8H2,1H3,(H,15,18). The third kappa shape index (κ3) is 3.47. The minimum absolute atomic E-state index is 0.0491. The topological polar surface area (TPSA) is 49.4 Å². The van der Waals surface area contributed by atoms with E-state index < -0.39 is 0 Å². The summed E-state index contributed by atoms with van der Waals surface area (Å²) in [6.45, 7) is 1.49. The highest BCUT2D eigenvalue weighted by atomic mass is 35.5. The molecule has 1 aliphatic rings. The number of halogens is 1. The average Bonchev–Trinajstić information content (AvgIpc) is 3.11. The Morgan fingerprint density at radius 2 is 1.94 bits per heavy atom. The largest absolute Gasteiger partial charge is 0.352 e. The number of nitrogens with one attached hydrogen (secondary N) is 1. The molecule has 0 bridgehead atoms. The van der Waals surface area contributed by atoms with Crippen LogP contribution in [0, 0.1) is 0 Å². The van der Waals surface area contributed by atoms with Crippen molar-refractivity contribution in [1.82, 2.24) is 5.32 Å². The first kappa shape index (κ1) is 12.9. The molecule has 0 radical (unpaired) electrons. The molecule has 0 heterocycles. The number of carbonyl (C=O) groups is 2. The monoisotopic (exact) mass is 266 g/mol. The number of hydrogen-bond donors (Lipinski definition) is 1. The number of carbonyl (C=O) groups excluding carboxylic acids is 2. The van der Waals surface area contributed by atoms with Crippen LogP contribution in [-0.4, -0.2) is 24.4 Å². The molecule has 1 N–H and O–H groups in total. The maximum absolute atomic E-state index is 11.7. The molecule has 1 aliphatic carbocycles. The molecule has 0 aromatic heterocycles. The van der Waals surface area contributed by atoms with Gasteiger partial charge in [-0.25, -0.2) is 0 Å². The summed E-state index contributed by atoms with van der Waals surface area (Å²) < 4.78 is 0. The Kier molecular flexibility index (Phi) is 3.87. The molecular weight excluding hydrogens is 252 g/mol. The van der Waals surface area contributed by atoms with Gasteiger partial charge in [0.25, 0.3) is 0 Å².